The van der Waals surface area contributed by atoms with E-state index >= 15 is 0 Å². The van der Waals surface area contributed by atoms with Crippen LogP contribution in [0.2, 0.25) is 0 Å². The minimum Gasteiger partial charge on any atom is -0.314 e. The highest BCUT2D eigenvalue weighted by Crippen LogP contribution is 2.31. The van der Waals surface area contributed by atoms with Crippen LogP contribution in [0.3, 0.4) is 0 Å². The van der Waals surface area contributed by atoms with Gasteiger partial charge in [-0.3, -0.25) is 4.68 Å². The Hall–Kier alpha value is -0.830. The maximum Gasteiger partial charge on any atom is 0.0522 e. The highest BCUT2D eigenvalue weighted by atomic mass is 15.3. The second-order valence-electron chi connectivity index (χ2n) is 6.10. The molecule has 1 aliphatic carbocycles. The van der Waals surface area contributed by atoms with Gasteiger partial charge in [0.15, 0.2) is 0 Å². The SMILES string of the molecule is CCNC(Cc1cnn(CC)c1)C1CCCC(C)C1. The minimum atomic E-state index is 0.627. The van der Waals surface area contributed by atoms with Gasteiger partial charge in [0.2, 0.25) is 0 Å². The summed E-state index contributed by atoms with van der Waals surface area (Å²) in [7, 11) is 0. The summed E-state index contributed by atoms with van der Waals surface area (Å²) >= 11 is 0. The summed E-state index contributed by atoms with van der Waals surface area (Å²) in [4.78, 5) is 0. The first-order chi connectivity index (χ1) is 9.22. The molecule has 1 fully saturated rings. The number of aromatic nitrogens is 2. The fourth-order valence-electron chi connectivity index (χ4n) is 3.45. The van der Waals surface area contributed by atoms with Gasteiger partial charge in [-0.25, -0.2) is 0 Å². The summed E-state index contributed by atoms with van der Waals surface area (Å²) in [6, 6.07) is 0.627. The summed E-state index contributed by atoms with van der Waals surface area (Å²) in [5.41, 5.74) is 1.38. The molecule has 1 aromatic rings. The number of nitrogens with zero attached hydrogens (tertiary/aromatic N) is 2. The van der Waals surface area contributed by atoms with Crippen LogP contribution in [0.15, 0.2) is 12.4 Å². The van der Waals surface area contributed by atoms with Crippen LogP contribution in [-0.4, -0.2) is 22.4 Å². The predicted molar refractivity (Wildman–Crippen MR) is 80.2 cm³/mol. The fourth-order valence-corrected chi connectivity index (χ4v) is 3.45. The third-order valence-electron chi connectivity index (χ3n) is 4.48. The van der Waals surface area contributed by atoms with Crippen molar-refractivity contribution in [2.45, 2.75) is 65.5 Å². The highest BCUT2D eigenvalue weighted by Gasteiger charge is 2.26. The van der Waals surface area contributed by atoms with E-state index in [0.717, 1.165) is 31.3 Å². The normalized spacial score (nSPS) is 25.4. The fraction of sp³-hybridized carbons (Fsp3) is 0.812. The smallest absolute Gasteiger partial charge is 0.0522 e. The first-order valence-electron chi connectivity index (χ1n) is 7.97. The van der Waals surface area contributed by atoms with Crippen molar-refractivity contribution < 1.29 is 0 Å². The van der Waals surface area contributed by atoms with Gasteiger partial charge >= 0.3 is 0 Å². The zero-order chi connectivity index (χ0) is 13.7. The number of rotatable bonds is 6. The van der Waals surface area contributed by atoms with E-state index in [0.29, 0.717) is 6.04 Å². The second kappa shape index (κ2) is 7.09. The summed E-state index contributed by atoms with van der Waals surface area (Å²) in [5.74, 6) is 1.74. The molecule has 19 heavy (non-hydrogen) atoms. The number of nitrogens with one attached hydrogen (secondary N) is 1. The average molecular weight is 263 g/mol. The molecule has 0 spiro atoms. The van der Waals surface area contributed by atoms with Crippen molar-refractivity contribution in [3.05, 3.63) is 18.0 Å². The standard InChI is InChI=1S/C16H29N3/c1-4-17-16(15-8-6-7-13(3)9-15)10-14-11-18-19(5-2)12-14/h11-13,15-17H,4-10H2,1-3H3. The largest absolute Gasteiger partial charge is 0.314 e. The van der Waals surface area contributed by atoms with Crippen molar-refractivity contribution in [3.63, 3.8) is 0 Å². The molecule has 2 rings (SSSR count). The zero-order valence-electron chi connectivity index (χ0n) is 12.7. The maximum absolute atomic E-state index is 4.40. The van der Waals surface area contributed by atoms with Crippen LogP contribution < -0.4 is 5.32 Å². The molecule has 3 unspecified atom stereocenters. The number of hydrogen-bond donors (Lipinski definition) is 1. The van der Waals surface area contributed by atoms with Crippen LogP contribution in [0, 0.1) is 11.8 Å². The lowest BCUT2D eigenvalue weighted by molar-refractivity contribution is 0.222. The molecule has 0 radical (unpaired) electrons. The Balaban J connectivity index is 1.98. The molecule has 0 bridgehead atoms. The first-order valence-corrected chi connectivity index (χ1v) is 7.97. The van der Waals surface area contributed by atoms with Gasteiger partial charge in [0.1, 0.15) is 0 Å². The summed E-state index contributed by atoms with van der Waals surface area (Å²) < 4.78 is 2.03. The molecular weight excluding hydrogens is 234 g/mol. The molecule has 3 heteroatoms. The Morgan fingerprint density at radius 3 is 2.89 bits per heavy atom. The van der Waals surface area contributed by atoms with Gasteiger partial charge in [-0.1, -0.05) is 26.7 Å². The lowest BCUT2D eigenvalue weighted by atomic mass is 9.77. The topological polar surface area (TPSA) is 29.9 Å². The highest BCUT2D eigenvalue weighted by molar-refractivity contribution is 5.07. The van der Waals surface area contributed by atoms with E-state index < -0.39 is 0 Å². The van der Waals surface area contributed by atoms with E-state index in [4.69, 9.17) is 0 Å². The van der Waals surface area contributed by atoms with Gasteiger partial charge in [0, 0.05) is 18.8 Å². The van der Waals surface area contributed by atoms with Crippen LogP contribution in [0.25, 0.3) is 0 Å². The van der Waals surface area contributed by atoms with Crippen molar-refractivity contribution in [3.8, 4) is 0 Å². The van der Waals surface area contributed by atoms with Gasteiger partial charge in [0.05, 0.1) is 6.20 Å². The van der Waals surface area contributed by atoms with Crippen molar-refractivity contribution in [2.24, 2.45) is 11.8 Å². The van der Waals surface area contributed by atoms with Gasteiger partial charge in [0.25, 0.3) is 0 Å². The average Bonchev–Trinajstić information content (AvgIpc) is 2.86. The molecule has 0 amide bonds. The Kier molecular flexibility index (Phi) is 5.44. The van der Waals surface area contributed by atoms with Crippen molar-refractivity contribution in [1.82, 2.24) is 15.1 Å². The quantitative estimate of drug-likeness (QED) is 0.854. The van der Waals surface area contributed by atoms with Gasteiger partial charge in [-0.15, -0.1) is 0 Å². The second-order valence-corrected chi connectivity index (χ2v) is 6.10. The third kappa shape index (κ3) is 4.07. The van der Waals surface area contributed by atoms with E-state index in [1.807, 2.05) is 10.9 Å². The maximum atomic E-state index is 4.40. The van der Waals surface area contributed by atoms with Crippen molar-refractivity contribution in [1.29, 1.82) is 0 Å². The molecule has 1 heterocycles. The monoisotopic (exact) mass is 263 g/mol. The molecule has 1 N–H and O–H groups in total. The Bertz CT molecular complexity index is 372. The molecular formula is C16H29N3. The lowest BCUT2D eigenvalue weighted by Crippen LogP contribution is -2.40. The Labute approximate surface area is 117 Å². The third-order valence-corrected chi connectivity index (χ3v) is 4.48. The van der Waals surface area contributed by atoms with Crippen LogP contribution >= 0.6 is 0 Å². The molecule has 0 aliphatic heterocycles. The molecule has 1 aromatic heterocycles. The van der Waals surface area contributed by atoms with Crippen LogP contribution in [0.4, 0.5) is 0 Å². The zero-order valence-corrected chi connectivity index (χ0v) is 12.7. The van der Waals surface area contributed by atoms with Crippen LogP contribution in [0.1, 0.15) is 52.0 Å². The van der Waals surface area contributed by atoms with Crippen molar-refractivity contribution >= 4 is 0 Å². The first kappa shape index (κ1) is 14.6. The van der Waals surface area contributed by atoms with E-state index in [-0.39, 0.29) is 0 Å². The van der Waals surface area contributed by atoms with E-state index in [1.54, 1.807) is 0 Å². The van der Waals surface area contributed by atoms with Crippen molar-refractivity contribution in [2.75, 3.05) is 6.54 Å². The summed E-state index contributed by atoms with van der Waals surface area (Å²) in [5, 5.41) is 8.11. The molecule has 3 nitrogen and oxygen atoms in total. The molecule has 0 aromatic carbocycles. The Morgan fingerprint density at radius 1 is 1.42 bits per heavy atom. The van der Waals surface area contributed by atoms with Gasteiger partial charge < -0.3 is 5.32 Å². The predicted octanol–water partition coefficient (Wildman–Crippen LogP) is 3.25. The van der Waals surface area contributed by atoms with Gasteiger partial charge in [-0.2, -0.15) is 5.10 Å². The molecule has 1 saturated carbocycles. The van der Waals surface area contributed by atoms with Crippen LogP contribution in [-0.2, 0) is 13.0 Å². The van der Waals surface area contributed by atoms with E-state index in [2.05, 4.69) is 37.4 Å². The van der Waals surface area contributed by atoms with E-state index in [1.165, 1.54) is 31.2 Å². The van der Waals surface area contributed by atoms with Gasteiger partial charge in [-0.05, 0) is 50.1 Å². The molecule has 1 aliphatic rings. The Morgan fingerprint density at radius 2 is 2.26 bits per heavy atom. The lowest BCUT2D eigenvalue weighted by Gasteiger charge is -2.33. The van der Waals surface area contributed by atoms with Crippen LogP contribution in [0.5, 0.6) is 0 Å². The molecule has 0 saturated heterocycles. The number of likely N-dealkylation sites (N-methyl/N-ethyl adjacent to an activating group) is 1. The number of hydrogen-bond acceptors (Lipinski definition) is 2. The molecule has 108 valence electrons. The summed E-state index contributed by atoms with van der Waals surface area (Å²) in [6.45, 7) is 8.80. The minimum absolute atomic E-state index is 0.627. The number of aryl methyl sites for hydroxylation is 1. The molecule has 3 atom stereocenters. The summed E-state index contributed by atoms with van der Waals surface area (Å²) in [6.07, 6.45) is 11.0. The van der Waals surface area contributed by atoms with E-state index in [9.17, 15) is 0 Å².